The molecular formula is C15H21ClN2O. The van der Waals surface area contributed by atoms with Crippen LogP contribution >= 0.6 is 11.6 Å². The quantitative estimate of drug-likeness (QED) is 0.853. The summed E-state index contributed by atoms with van der Waals surface area (Å²) in [6.07, 6.45) is 6.63. The van der Waals surface area contributed by atoms with E-state index in [0.717, 1.165) is 12.1 Å². The summed E-state index contributed by atoms with van der Waals surface area (Å²) in [4.78, 5) is 16.3. The van der Waals surface area contributed by atoms with Crippen molar-refractivity contribution in [3.63, 3.8) is 0 Å². The van der Waals surface area contributed by atoms with Crippen LogP contribution in [-0.2, 0) is 0 Å². The van der Waals surface area contributed by atoms with Gasteiger partial charge in [-0.1, -0.05) is 38.3 Å². The average molecular weight is 281 g/mol. The number of aromatic nitrogens is 1. The Bertz CT molecular complexity index is 453. The molecule has 1 aliphatic rings. The normalized spacial score (nSPS) is 16.0. The SMILES string of the molecule is CC(C)c1cc(Cl)ncc1C(=O)NCC1CCCC1. The second-order valence-corrected chi connectivity index (χ2v) is 6.00. The van der Waals surface area contributed by atoms with E-state index < -0.39 is 0 Å². The molecule has 0 aliphatic heterocycles. The zero-order valence-electron chi connectivity index (χ0n) is 11.6. The molecule has 1 aromatic heterocycles. The highest BCUT2D eigenvalue weighted by atomic mass is 35.5. The van der Waals surface area contributed by atoms with Crippen LogP contribution in [0.1, 0.15) is 61.4 Å². The molecule has 4 heteroatoms. The summed E-state index contributed by atoms with van der Waals surface area (Å²) in [7, 11) is 0. The van der Waals surface area contributed by atoms with E-state index >= 15 is 0 Å². The first-order valence-corrected chi connectivity index (χ1v) is 7.39. The highest BCUT2D eigenvalue weighted by Gasteiger charge is 2.18. The third-order valence-electron chi connectivity index (χ3n) is 3.80. The fraction of sp³-hybridized carbons (Fsp3) is 0.600. The number of nitrogens with one attached hydrogen (secondary N) is 1. The van der Waals surface area contributed by atoms with Gasteiger partial charge < -0.3 is 5.32 Å². The number of hydrogen-bond donors (Lipinski definition) is 1. The number of amides is 1. The number of carbonyl (C=O) groups excluding carboxylic acids is 1. The van der Waals surface area contributed by atoms with Gasteiger partial charge in [-0.25, -0.2) is 4.98 Å². The molecule has 0 bridgehead atoms. The monoisotopic (exact) mass is 280 g/mol. The minimum Gasteiger partial charge on any atom is -0.352 e. The van der Waals surface area contributed by atoms with Gasteiger partial charge in [-0.3, -0.25) is 4.79 Å². The van der Waals surface area contributed by atoms with Gasteiger partial charge in [-0.2, -0.15) is 0 Å². The van der Waals surface area contributed by atoms with Crippen LogP contribution in [0.3, 0.4) is 0 Å². The van der Waals surface area contributed by atoms with Gasteiger partial charge in [-0.05, 0) is 36.3 Å². The number of halogens is 1. The van der Waals surface area contributed by atoms with Crippen LogP contribution in [0.2, 0.25) is 5.15 Å². The van der Waals surface area contributed by atoms with Crippen molar-refractivity contribution in [3.05, 3.63) is 28.5 Å². The fourth-order valence-corrected chi connectivity index (χ4v) is 2.82. The zero-order chi connectivity index (χ0) is 13.8. The highest BCUT2D eigenvalue weighted by molar-refractivity contribution is 6.29. The van der Waals surface area contributed by atoms with Crippen LogP contribution in [0.5, 0.6) is 0 Å². The van der Waals surface area contributed by atoms with E-state index in [4.69, 9.17) is 11.6 Å². The molecule has 0 radical (unpaired) electrons. The summed E-state index contributed by atoms with van der Waals surface area (Å²) < 4.78 is 0. The van der Waals surface area contributed by atoms with E-state index in [2.05, 4.69) is 24.1 Å². The predicted molar refractivity (Wildman–Crippen MR) is 77.6 cm³/mol. The van der Waals surface area contributed by atoms with Crippen molar-refractivity contribution in [3.8, 4) is 0 Å². The Morgan fingerprint density at radius 3 is 2.79 bits per heavy atom. The first-order valence-electron chi connectivity index (χ1n) is 7.01. The van der Waals surface area contributed by atoms with E-state index in [0.29, 0.717) is 16.6 Å². The van der Waals surface area contributed by atoms with E-state index in [9.17, 15) is 4.79 Å². The summed E-state index contributed by atoms with van der Waals surface area (Å²) in [5, 5.41) is 3.47. The number of nitrogens with zero attached hydrogens (tertiary/aromatic N) is 1. The minimum atomic E-state index is -0.0280. The number of pyridine rings is 1. The Kier molecular flexibility index (Phi) is 4.81. The highest BCUT2D eigenvalue weighted by Crippen LogP contribution is 2.25. The fourth-order valence-electron chi connectivity index (χ4n) is 2.66. The molecule has 0 spiro atoms. The molecular weight excluding hydrogens is 260 g/mol. The molecule has 3 nitrogen and oxygen atoms in total. The van der Waals surface area contributed by atoms with Crippen LogP contribution in [0, 0.1) is 5.92 Å². The Labute approximate surface area is 119 Å². The van der Waals surface area contributed by atoms with Gasteiger partial charge in [0.2, 0.25) is 0 Å². The lowest BCUT2D eigenvalue weighted by molar-refractivity contribution is 0.0945. The molecule has 104 valence electrons. The Balaban J connectivity index is 2.05. The first-order chi connectivity index (χ1) is 9.08. The van der Waals surface area contributed by atoms with E-state index in [1.54, 1.807) is 12.3 Å². The molecule has 0 atom stereocenters. The summed E-state index contributed by atoms with van der Waals surface area (Å²) >= 11 is 5.90. The zero-order valence-corrected chi connectivity index (χ0v) is 12.3. The van der Waals surface area contributed by atoms with E-state index in [1.165, 1.54) is 25.7 Å². The minimum absolute atomic E-state index is 0.0280. The standard InChI is InChI=1S/C15H21ClN2O/c1-10(2)12-7-14(16)17-9-13(12)15(19)18-8-11-5-3-4-6-11/h7,9-11H,3-6,8H2,1-2H3,(H,18,19). The molecule has 0 unspecified atom stereocenters. The topological polar surface area (TPSA) is 42.0 Å². The van der Waals surface area contributed by atoms with Gasteiger partial charge in [-0.15, -0.1) is 0 Å². The molecule has 1 heterocycles. The van der Waals surface area contributed by atoms with Crippen molar-refractivity contribution in [1.82, 2.24) is 10.3 Å². The Morgan fingerprint density at radius 1 is 1.47 bits per heavy atom. The van der Waals surface area contributed by atoms with Gasteiger partial charge >= 0.3 is 0 Å². The van der Waals surface area contributed by atoms with Gasteiger partial charge in [0.1, 0.15) is 5.15 Å². The maximum absolute atomic E-state index is 12.2. The summed E-state index contributed by atoms with van der Waals surface area (Å²) in [6, 6.07) is 1.79. The predicted octanol–water partition coefficient (Wildman–Crippen LogP) is 3.78. The van der Waals surface area contributed by atoms with Crippen LogP contribution < -0.4 is 5.32 Å². The van der Waals surface area contributed by atoms with Crippen molar-refractivity contribution in [1.29, 1.82) is 0 Å². The smallest absolute Gasteiger partial charge is 0.253 e. The average Bonchev–Trinajstić information content (AvgIpc) is 2.88. The number of hydrogen-bond acceptors (Lipinski definition) is 2. The van der Waals surface area contributed by atoms with Crippen LogP contribution in [-0.4, -0.2) is 17.4 Å². The van der Waals surface area contributed by atoms with Gasteiger partial charge in [0.05, 0.1) is 5.56 Å². The maximum atomic E-state index is 12.2. The van der Waals surface area contributed by atoms with Crippen molar-refractivity contribution in [2.45, 2.75) is 45.4 Å². The lowest BCUT2D eigenvalue weighted by atomic mass is 9.98. The number of rotatable bonds is 4. The Hall–Kier alpha value is -1.09. The van der Waals surface area contributed by atoms with E-state index in [1.807, 2.05) is 0 Å². The molecule has 1 saturated carbocycles. The second kappa shape index (κ2) is 6.38. The molecule has 2 rings (SSSR count). The second-order valence-electron chi connectivity index (χ2n) is 5.61. The first kappa shape index (κ1) is 14.3. The van der Waals surface area contributed by atoms with Crippen LogP contribution in [0.4, 0.5) is 0 Å². The molecule has 1 amide bonds. The molecule has 19 heavy (non-hydrogen) atoms. The van der Waals surface area contributed by atoms with Crippen molar-refractivity contribution >= 4 is 17.5 Å². The van der Waals surface area contributed by atoms with E-state index in [-0.39, 0.29) is 11.8 Å². The molecule has 1 aromatic rings. The summed E-state index contributed by atoms with van der Waals surface area (Å²) in [5.74, 6) is 0.874. The maximum Gasteiger partial charge on any atom is 0.253 e. The van der Waals surface area contributed by atoms with Crippen molar-refractivity contribution < 1.29 is 4.79 Å². The lowest BCUT2D eigenvalue weighted by Gasteiger charge is -2.14. The Morgan fingerprint density at radius 2 is 2.16 bits per heavy atom. The van der Waals surface area contributed by atoms with Gasteiger partial charge in [0.15, 0.2) is 0 Å². The lowest BCUT2D eigenvalue weighted by Crippen LogP contribution is -2.29. The number of carbonyl (C=O) groups is 1. The molecule has 0 aromatic carbocycles. The molecule has 1 aliphatic carbocycles. The summed E-state index contributed by atoms with van der Waals surface area (Å²) in [5.41, 5.74) is 1.61. The van der Waals surface area contributed by atoms with Crippen molar-refractivity contribution in [2.75, 3.05) is 6.54 Å². The van der Waals surface area contributed by atoms with Gasteiger partial charge in [0, 0.05) is 12.7 Å². The van der Waals surface area contributed by atoms with Crippen LogP contribution in [0.15, 0.2) is 12.3 Å². The molecule has 0 saturated heterocycles. The van der Waals surface area contributed by atoms with Crippen LogP contribution in [0.25, 0.3) is 0 Å². The third kappa shape index (κ3) is 3.69. The largest absolute Gasteiger partial charge is 0.352 e. The molecule has 1 fully saturated rings. The van der Waals surface area contributed by atoms with Gasteiger partial charge in [0.25, 0.3) is 5.91 Å². The summed E-state index contributed by atoms with van der Waals surface area (Å²) in [6.45, 7) is 4.89. The molecule has 1 N–H and O–H groups in total. The van der Waals surface area contributed by atoms with Crippen molar-refractivity contribution in [2.24, 2.45) is 5.92 Å². The third-order valence-corrected chi connectivity index (χ3v) is 4.00.